The minimum atomic E-state index is 0.566. The first-order valence-electron chi connectivity index (χ1n) is 6.96. The third-order valence-electron chi connectivity index (χ3n) is 3.59. The second-order valence-electron chi connectivity index (χ2n) is 4.84. The van der Waals surface area contributed by atoms with Crippen LogP contribution >= 0.6 is 0 Å². The Morgan fingerprint density at radius 2 is 1.95 bits per heavy atom. The molecule has 2 aromatic rings. The number of rotatable bonds is 6. The Kier molecular flexibility index (Phi) is 4.61. The van der Waals surface area contributed by atoms with Gasteiger partial charge in [-0.15, -0.1) is 0 Å². The van der Waals surface area contributed by atoms with Crippen LogP contribution in [0.4, 0.5) is 0 Å². The highest BCUT2D eigenvalue weighted by atomic mass is 16.5. The van der Waals surface area contributed by atoms with Crippen LogP contribution in [0.2, 0.25) is 0 Å². The highest BCUT2D eigenvalue weighted by molar-refractivity contribution is 5.29. The maximum Gasteiger partial charge on any atom is 0.130 e. The van der Waals surface area contributed by atoms with E-state index in [9.17, 15) is 0 Å². The summed E-state index contributed by atoms with van der Waals surface area (Å²) in [4.78, 5) is 4.14. The van der Waals surface area contributed by atoms with E-state index < -0.39 is 0 Å². The fourth-order valence-corrected chi connectivity index (χ4v) is 2.04. The molecule has 1 aromatic carbocycles. The van der Waals surface area contributed by atoms with E-state index in [1.807, 2.05) is 24.7 Å². The molecule has 0 radical (unpaired) electrons. The van der Waals surface area contributed by atoms with E-state index in [4.69, 9.17) is 4.74 Å². The predicted octanol–water partition coefficient (Wildman–Crippen LogP) is 4.00. The van der Waals surface area contributed by atoms with Crippen molar-refractivity contribution < 1.29 is 4.74 Å². The Labute approximate surface area is 115 Å². The van der Waals surface area contributed by atoms with Crippen molar-refractivity contribution in [2.45, 2.75) is 46.3 Å². The summed E-state index contributed by atoms with van der Waals surface area (Å²) < 4.78 is 7.89. The number of hydrogen-bond donors (Lipinski definition) is 0. The van der Waals surface area contributed by atoms with Gasteiger partial charge in [0.2, 0.25) is 0 Å². The molecule has 0 spiro atoms. The van der Waals surface area contributed by atoms with Crippen LogP contribution in [0.15, 0.2) is 36.8 Å². The minimum Gasteiger partial charge on any atom is -0.487 e. The molecule has 1 aromatic heterocycles. The zero-order valence-corrected chi connectivity index (χ0v) is 12.0. The molecule has 0 N–H and O–H groups in total. The van der Waals surface area contributed by atoms with Crippen LogP contribution in [0.5, 0.6) is 5.75 Å². The molecule has 3 heteroatoms. The van der Waals surface area contributed by atoms with E-state index >= 15 is 0 Å². The van der Waals surface area contributed by atoms with Crippen molar-refractivity contribution in [2.24, 2.45) is 0 Å². The maximum absolute atomic E-state index is 5.80. The standard InChI is InChI=1S/C16H22N2O/c1-4-13(3)14-6-8-16(9-7-14)19-11-15-10-17-12-18(15)5-2/h6-10,12-13H,4-5,11H2,1-3H3. The lowest BCUT2D eigenvalue weighted by atomic mass is 9.99. The lowest BCUT2D eigenvalue weighted by molar-refractivity contribution is 0.295. The lowest BCUT2D eigenvalue weighted by Gasteiger charge is -2.11. The Hall–Kier alpha value is -1.77. The van der Waals surface area contributed by atoms with Gasteiger partial charge in [-0.25, -0.2) is 4.98 Å². The first-order valence-corrected chi connectivity index (χ1v) is 6.96. The van der Waals surface area contributed by atoms with Crippen LogP contribution in [0.1, 0.15) is 44.4 Å². The molecule has 1 unspecified atom stereocenters. The van der Waals surface area contributed by atoms with Crippen molar-refractivity contribution in [3.8, 4) is 5.75 Å². The largest absolute Gasteiger partial charge is 0.487 e. The summed E-state index contributed by atoms with van der Waals surface area (Å²) in [7, 11) is 0. The maximum atomic E-state index is 5.80. The molecule has 19 heavy (non-hydrogen) atoms. The molecule has 2 rings (SSSR count). The van der Waals surface area contributed by atoms with Gasteiger partial charge in [0.25, 0.3) is 0 Å². The molecule has 3 nitrogen and oxygen atoms in total. The van der Waals surface area contributed by atoms with Crippen molar-refractivity contribution in [1.82, 2.24) is 9.55 Å². The van der Waals surface area contributed by atoms with Gasteiger partial charge < -0.3 is 9.30 Å². The molecular weight excluding hydrogens is 236 g/mol. The molecule has 0 amide bonds. The summed E-state index contributed by atoms with van der Waals surface area (Å²) in [6.07, 6.45) is 4.86. The zero-order chi connectivity index (χ0) is 13.7. The van der Waals surface area contributed by atoms with Crippen LogP contribution in [-0.2, 0) is 13.2 Å². The number of benzene rings is 1. The van der Waals surface area contributed by atoms with Crippen molar-refractivity contribution >= 4 is 0 Å². The van der Waals surface area contributed by atoms with Crippen molar-refractivity contribution in [3.63, 3.8) is 0 Å². The number of aromatic nitrogens is 2. The molecule has 0 saturated carbocycles. The van der Waals surface area contributed by atoms with E-state index in [-0.39, 0.29) is 0 Å². The van der Waals surface area contributed by atoms with Gasteiger partial charge in [0, 0.05) is 6.54 Å². The SMILES string of the molecule is CCC(C)c1ccc(OCc2cncn2CC)cc1. The Morgan fingerprint density at radius 3 is 2.58 bits per heavy atom. The monoisotopic (exact) mass is 258 g/mol. The number of ether oxygens (including phenoxy) is 1. The summed E-state index contributed by atoms with van der Waals surface area (Å²) in [6, 6.07) is 8.41. The summed E-state index contributed by atoms with van der Waals surface area (Å²) >= 11 is 0. The van der Waals surface area contributed by atoms with E-state index in [0.29, 0.717) is 12.5 Å². The highest BCUT2D eigenvalue weighted by Gasteiger charge is 2.04. The second-order valence-corrected chi connectivity index (χ2v) is 4.84. The number of aryl methyl sites for hydroxylation is 1. The van der Waals surface area contributed by atoms with Gasteiger partial charge in [0.15, 0.2) is 0 Å². The fourth-order valence-electron chi connectivity index (χ4n) is 2.04. The summed E-state index contributed by atoms with van der Waals surface area (Å²) in [5, 5.41) is 0. The smallest absolute Gasteiger partial charge is 0.130 e. The molecule has 1 heterocycles. The number of nitrogens with zero attached hydrogens (tertiary/aromatic N) is 2. The van der Waals surface area contributed by atoms with Crippen LogP contribution in [0.25, 0.3) is 0 Å². The van der Waals surface area contributed by atoms with Gasteiger partial charge in [-0.2, -0.15) is 0 Å². The highest BCUT2D eigenvalue weighted by Crippen LogP contribution is 2.21. The lowest BCUT2D eigenvalue weighted by Crippen LogP contribution is -2.03. The Balaban J connectivity index is 1.96. The average molecular weight is 258 g/mol. The van der Waals surface area contributed by atoms with Gasteiger partial charge in [-0.3, -0.25) is 0 Å². The number of imidazole rings is 1. The fraction of sp³-hybridized carbons (Fsp3) is 0.438. The summed E-state index contributed by atoms with van der Waals surface area (Å²) in [5.74, 6) is 1.52. The molecule has 1 atom stereocenters. The molecule has 0 bridgehead atoms. The minimum absolute atomic E-state index is 0.566. The van der Waals surface area contributed by atoms with Gasteiger partial charge in [-0.1, -0.05) is 26.0 Å². The normalized spacial score (nSPS) is 12.4. The zero-order valence-electron chi connectivity index (χ0n) is 12.0. The molecule has 0 aliphatic rings. The number of hydrogen-bond acceptors (Lipinski definition) is 2. The third kappa shape index (κ3) is 3.37. The molecule has 102 valence electrons. The van der Waals surface area contributed by atoms with E-state index in [0.717, 1.165) is 24.4 Å². The molecule has 0 aliphatic carbocycles. The topological polar surface area (TPSA) is 27.1 Å². The van der Waals surface area contributed by atoms with Crippen molar-refractivity contribution in [1.29, 1.82) is 0 Å². The summed E-state index contributed by atoms with van der Waals surface area (Å²) in [5.41, 5.74) is 2.47. The van der Waals surface area contributed by atoms with Crippen molar-refractivity contribution in [2.75, 3.05) is 0 Å². The molecule has 0 saturated heterocycles. The Bertz CT molecular complexity index is 502. The van der Waals surface area contributed by atoms with E-state index in [2.05, 4.69) is 42.5 Å². The molecule has 0 fully saturated rings. The quantitative estimate of drug-likeness (QED) is 0.783. The van der Waals surface area contributed by atoms with Crippen LogP contribution in [0.3, 0.4) is 0 Å². The van der Waals surface area contributed by atoms with Crippen LogP contribution < -0.4 is 4.74 Å². The predicted molar refractivity (Wildman–Crippen MR) is 77.4 cm³/mol. The van der Waals surface area contributed by atoms with Gasteiger partial charge in [0.05, 0.1) is 18.2 Å². The van der Waals surface area contributed by atoms with E-state index in [1.165, 1.54) is 5.56 Å². The van der Waals surface area contributed by atoms with Crippen molar-refractivity contribution in [3.05, 3.63) is 48.0 Å². The van der Waals surface area contributed by atoms with E-state index in [1.54, 1.807) is 0 Å². The molecular formula is C16H22N2O. The third-order valence-corrected chi connectivity index (χ3v) is 3.59. The first-order chi connectivity index (χ1) is 9.24. The summed E-state index contributed by atoms with van der Waals surface area (Å²) in [6.45, 7) is 8.05. The second kappa shape index (κ2) is 6.41. The van der Waals surface area contributed by atoms with Crippen LogP contribution in [0, 0.1) is 0 Å². The van der Waals surface area contributed by atoms with Gasteiger partial charge in [0.1, 0.15) is 12.4 Å². The van der Waals surface area contributed by atoms with Gasteiger partial charge >= 0.3 is 0 Å². The first kappa shape index (κ1) is 13.7. The average Bonchev–Trinajstić information content (AvgIpc) is 2.92. The van der Waals surface area contributed by atoms with Gasteiger partial charge in [-0.05, 0) is 37.0 Å². The Morgan fingerprint density at radius 1 is 1.21 bits per heavy atom. The molecule has 0 aliphatic heterocycles. The van der Waals surface area contributed by atoms with Crippen LogP contribution in [-0.4, -0.2) is 9.55 Å².